The van der Waals surface area contributed by atoms with Crippen molar-refractivity contribution in [3.63, 3.8) is 0 Å². The van der Waals surface area contributed by atoms with E-state index in [-0.39, 0.29) is 6.79 Å². The van der Waals surface area contributed by atoms with Gasteiger partial charge in [0.1, 0.15) is 11.5 Å². The molecule has 21 heavy (non-hydrogen) atoms. The summed E-state index contributed by atoms with van der Waals surface area (Å²) in [5.74, 6) is 2.03. The minimum absolute atomic E-state index is 0.249. The fourth-order valence-corrected chi connectivity index (χ4v) is 2.11. The minimum Gasteiger partial charge on any atom is -0.497 e. The van der Waals surface area contributed by atoms with Gasteiger partial charge in [0, 0.05) is 5.56 Å². The van der Waals surface area contributed by atoms with E-state index >= 15 is 0 Å². The summed E-state index contributed by atoms with van der Waals surface area (Å²) in [6.45, 7) is 9.35. The minimum atomic E-state index is 0.249. The smallest absolute Gasteiger partial charge is 0.189 e. The second-order valence-corrected chi connectivity index (χ2v) is 5.20. The number of ether oxygens (including phenoxy) is 3. The first-order valence-corrected chi connectivity index (χ1v) is 7.75. The molecule has 0 saturated carbocycles. The third-order valence-electron chi connectivity index (χ3n) is 3.61. The normalized spacial score (nSPS) is 12.0. The molecule has 1 unspecified atom stereocenters. The molecule has 0 spiro atoms. The van der Waals surface area contributed by atoms with Gasteiger partial charge in [0.05, 0.1) is 13.7 Å². The van der Waals surface area contributed by atoms with Crippen molar-refractivity contribution >= 4 is 5.76 Å². The second kappa shape index (κ2) is 10.3. The van der Waals surface area contributed by atoms with Crippen LogP contribution in [0.1, 0.15) is 45.1 Å². The van der Waals surface area contributed by atoms with Crippen LogP contribution < -0.4 is 4.74 Å². The van der Waals surface area contributed by atoms with Gasteiger partial charge in [0.2, 0.25) is 0 Å². The first-order valence-electron chi connectivity index (χ1n) is 7.75. The molecular formula is C18H28O3. The van der Waals surface area contributed by atoms with Crippen molar-refractivity contribution in [2.24, 2.45) is 5.92 Å². The van der Waals surface area contributed by atoms with Crippen molar-refractivity contribution in [1.82, 2.24) is 0 Å². The zero-order chi connectivity index (χ0) is 15.5. The highest BCUT2D eigenvalue weighted by atomic mass is 16.7. The summed E-state index contributed by atoms with van der Waals surface area (Å²) in [6, 6.07) is 7.66. The average Bonchev–Trinajstić information content (AvgIpc) is 2.54. The van der Waals surface area contributed by atoms with Crippen LogP contribution in [0.25, 0.3) is 5.76 Å². The van der Waals surface area contributed by atoms with Crippen LogP contribution in [0.3, 0.4) is 0 Å². The van der Waals surface area contributed by atoms with Crippen molar-refractivity contribution < 1.29 is 14.2 Å². The fraction of sp³-hybridized carbons (Fsp3) is 0.556. The highest BCUT2D eigenvalue weighted by molar-refractivity contribution is 5.58. The average molecular weight is 292 g/mol. The molecule has 3 nitrogen and oxygen atoms in total. The van der Waals surface area contributed by atoms with Crippen molar-refractivity contribution in [2.45, 2.75) is 39.5 Å². The summed E-state index contributed by atoms with van der Waals surface area (Å²) < 4.78 is 16.4. The molecule has 0 aliphatic carbocycles. The molecule has 1 aromatic carbocycles. The molecule has 0 aromatic heterocycles. The van der Waals surface area contributed by atoms with E-state index in [9.17, 15) is 0 Å². The maximum Gasteiger partial charge on any atom is 0.189 e. The van der Waals surface area contributed by atoms with Gasteiger partial charge in [-0.15, -0.1) is 0 Å². The molecule has 118 valence electrons. The van der Waals surface area contributed by atoms with Gasteiger partial charge in [-0.25, -0.2) is 0 Å². The van der Waals surface area contributed by atoms with E-state index in [2.05, 4.69) is 20.4 Å². The molecule has 1 atom stereocenters. The van der Waals surface area contributed by atoms with Gasteiger partial charge in [-0.2, -0.15) is 0 Å². The molecule has 0 heterocycles. The third-order valence-corrected chi connectivity index (χ3v) is 3.61. The maximum absolute atomic E-state index is 5.62. The third kappa shape index (κ3) is 6.67. The van der Waals surface area contributed by atoms with Crippen molar-refractivity contribution in [2.75, 3.05) is 20.5 Å². The number of hydrogen-bond donors (Lipinski definition) is 0. The molecule has 0 aliphatic heterocycles. The summed E-state index contributed by atoms with van der Waals surface area (Å²) in [6.07, 6.45) is 4.87. The molecule has 0 amide bonds. The number of rotatable bonds is 11. The topological polar surface area (TPSA) is 27.7 Å². The van der Waals surface area contributed by atoms with Crippen molar-refractivity contribution in [3.8, 4) is 5.75 Å². The highest BCUT2D eigenvalue weighted by Gasteiger charge is 2.06. The van der Waals surface area contributed by atoms with Gasteiger partial charge in [0.25, 0.3) is 0 Å². The Morgan fingerprint density at radius 2 is 2.10 bits per heavy atom. The molecule has 1 aromatic rings. The van der Waals surface area contributed by atoms with E-state index in [1.54, 1.807) is 7.11 Å². The van der Waals surface area contributed by atoms with Crippen molar-refractivity contribution in [1.29, 1.82) is 0 Å². The first-order chi connectivity index (χ1) is 10.2. The molecule has 0 radical (unpaired) electrons. The van der Waals surface area contributed by atoms with Crippen LogP contribution in [0.2, 0.25) is 0 Å². The van der Waals surface area contributed by atoms with Crippen LogP contribution in [0.5, 0.6) is 5.75 Å². The molecule has 0 N–H and O–H groups in total. The van der Waals surface area contributed by atoms with E-state index < -0.39 is 0 Å². The Morgan fingerprint density at radius 3 is 2.76 bits per heavy atom. The van der Waals surface area contributed by atoms with E-state index in [0.29, 0.717) is 11.7 Å². The van der Waals surface area contributed by atoms with E-state index in [1.807, 2.05) is 24.3 Å². The molecule has 0 aliphatic rings. The lowest BCUT2D eigenvalue weighted by Gasteiger charge is -2.16. The van der Waals surface area contributed by atoms with Crippen LogP contribution >= 0.6 is 0 Å². The monoisotopic (exact) mass is 292 g/mol. The Balaban J connectivity index is 2.29. The zero-order valence-corrected chi connectivity index (χ0v) is 13.6. The van der Waals surface area contributed by atoms with E-state index in [0.717, 1.165) is 24.3 Å². The largest absolute Gasteiger partial charge is 0.497 e. The van der Waals surface area contributed by atoms with Crippen LogP contribution in [-0.2, 0) is 9.47 Å². The lowest BCUT2D eigenvalue weighted by atomic mass is 10.0. The first kappa shape index (κ1) is 17.6. The molecule has 1 rings (SSSR count). The number of hydrogen-bond acceptors (Lipinski definition) is 3. The van der Waals surface area contributed by atoms with Gasteiger partial charge in [-0.05, 0) is 24.5 Å². The van der Waals surface area contributed by atoms with Gasteiger partial charge in [-0.1, -0.05) is 51.8 Å². The standard InChI is InChI=1S/C18H28O3/c1-5-7-9-16(6-2)13-20-14-21-15(3)17-10-8-11-18(12-17)19-4/h8,10-12,16H,3,5-7,9,13-14H2,1-2,4H3. The van der Waals surface area contributed by atoms with Crippen LogP contribution in [0, 0.1) is 5.92 Å². The zero-order valence-electron chi connectivity index (χ0n) is 13.6. The van der Waals surface area contributed by atoms with Crippen molar-refractivity contribution in [3.05, 3.63) is 36.4 Å². The van der Waals surface area contributed by atoms with E-state index in [1.165, 1.54) is 19.3 Å². The summed E-state index contributed by atoms with van der Waals surface area (Å²) >= 11 is 0. The summed E-state index contributed by atoms with van der Waals surface area (Å²) in [5.41, 5.74) is 0.913. The number of methoxy groups -OCH3 is 1. The van der Waals surface area contributed by atoms with Crippen LogP contribution in [0.4, 0.5) is 0 Å². The summed E-state index contributed by atoms with van der Waals surface area (Å²) in [7, 11) is 1.65. The molecule has 0 bridgehead atoms. The predicted molar refractivity (Wildman–Crippen MR) is 87.2 cm³/mol. The SMILES string of the molecule is C=C(OCOCC(CC)CCCC)c1cccc(OC)c1. The Kier molecular flexibility index (Phi) is 8.60. The van der Waals surface area contributed by atoms with Crippen LogP contribution in [0.15, 0.2) is 30.8 Å². The lowest BCUT2D eigenvalue weighted by Crippen LogP contribution is -2.10. The molecule has 3 heteroatoms. The highest BCUT2D eigenvalue weighted by Crippen LogP contribution is 2.20. The van der Waals surface area contributed by atoms with Gasteiger partial charge in [0.15, 0.2) is 6.79 Å². The Labute approximate surface area is 128 Å². The fourth-order valence-electron chi connectivity index (χ4n) is 2.11. The summed E-state index contributed by atoms with van der Waals surface area (Å²) in [5, 5.41) is 0. The van der Waals surface area contributed by atoms with E-state index in [4.69, 9.17) is 14.2 Å². The van der Waals surface area contributed by atoms with Gasteiger partial charge in [-0.3, -0.25) is 0 Å². The lowest BCUT2D eigenvalue weighted by molar-refractivity contribution is -0.0188. The Hall–Kier alpha value is -1.48. The maximum atomic E-state index is 5.62. The Morgan fingerprint density at radius 1 is 1.29 bits per heavy atom. The van der Waals surface area contributed by atoms with Crippen LogP contribution in [-0.4, -0.2) is 20.5 Å². The molecule has 0 saturated heterocycles. The second-order valence-electron chi connectivity index (χ2n) is 5.20. The van der Waals surface area contributed by atoms with Gasteiger partial charge < -0.3 is 14.2 Å². The van der Waals surface area contributed by atoms with Gasteiger partial charge >= 0.3 is 0 Å². The molecule has 0 fully saturated rings. The molecular weight excluding hydrogens is 264 g/mol. The predicted octanol–water partition coefficient (Wildman–Crippen LogP) is 4.87. The Bertz CT molecular complexity index is 415. The number of unbranched alkanes of at least 4 members (excludes halogenated alkanes) is 1. The summed E-state index contributed by atoms with van der Waals surface area (Å²) in [4.78, 5) is 0. The quantitative estimate of drug-likeness (QED) is 0.331. The number of benzene rings is 1.